The van der Waals surface area contributed by atoms with Crippen LogP contribution in [0, 0.1) is 5.92 Å². The maximum atomic E-state index is 12.6. The summed E-state index contributed by atoms with van der Waals surface area (Å²) in [5, 5.41) is 3.82. The van der Waals surface area contributed by atoms with Crippen molar-refractivity contribution in [3.8, 4) is 0 Å². The van der Waals surface area contributed by atoms with Crippen LogP contribution in [0.15, 0.2) is 48.8 Å². The van der Waals surface area contributed by atoms with Crippen molar-refractivity contribution in [2.24, 2.45) is 5.92 Å². The minimum Gasteiger partial charge on any atom is -0.346 e. The molecule has 2 N–H and O–H groups in total. The van der Waals surface area contributed by atoms with Crippen LogP contribution in [-0.4, -0.2) is 33.9 Å². The topological polar surface area (TPSA) is 61.0 Å². The molecule has 0 aliphatic carbocycles. The largest absolute Gasteiger partial charge is 0.346 e. The second kappa shape index (κ2) is 7.30. The van der Waals surface area contributed by atoms with Crippen LogP contribution in [0.1, 0.15) is 35.7 Å². The fourth-order valence-electron chi connectivity index (χ4n) is 3.53. The highest BCUT2D eigenvalue weighted by molar-refractivity contribution is 6.11. The lowest BCUT2D eigenvalue weighted by atomic mass is 9.99. The number of likely N-dealkylation sites (tertiary alicyclic amines) is 1. The van der Waals surface area contributed by atoms with Gasteiger partial charge in [0.15, 0.2) is 0 Å². The summed E-state index contributed by atoms with van der Waals surface area (Å²) in [6, 6.07) is 11.8. The van der Waals surface area contributed by atoms with Crippen LogP contribution >= 0.6 is 0 Å². The second-order valence-corrected chi connectivity index (χ2v) is 7.21. The first-order valence-corrected chi connectivity index (χ1v) is 9.24. The summed E-state index contributed by atoms with van der Waals surface area (Å²) in [4.78, 5) is 22.4. The lowest BCUT2D eigenvalue weighted by Crippen LogP contribution is -2.32. The molecule has 5 heteroatoms. The van der Waals surface area contributed by atoms with Crippen molar-refractivity contribution in [1.82, 2.24) is 14.9 Å². The fraction of sp³-hybridized carbons (Fsp3) is 0.333. The second-order valence-electron chi connectivity index (χ2n) is 7.21. The lowest BCUT2D eigenvalue weighted by Gasteiger charge is -2.30. The van der Waals surface area contributed by atoms with E-state index in [2.05, 4.69) is 39.2 Å². The predicted molar refractivity (Wildman–Crippen MR) is 104 cm³/mol. The van der Waals surface area contributed by atoms with E-state index >= 15 is 0 Å². The predicted octanol–water partition coefficient (Wildman–Crippen LogP) is 4.05. The van der Waals surface area contributed by atoms with Crippen molar-refractivity contribution >= 4 is 22.6 Å². The lowest BCUT2D eigenvalue weighted by molar-refractivity contribution is 0.102. The SMILES string of the molecule is CC1CCN(Cc2ccc(NC(=O)c3ccnc4[nH]ccc34)cc2)CC1. The third-order valence-corrected chi connectivity index (χ3v) is 5.20. The zero-order valence-electron chi connectivity index (χ0n) is 15.0. The summed E-state index contributed by atoms with van der Waals surface area (Å²) in [6.45, 7) is 5.66. The molecule has 1 aromatic carbocycles. The Bertz CT molecular complexity index is 892. The van der Waals surface area contributed by atoms with Gasteiger partial charge in [-0.3, -0.25) is 9.69 Å². The number of rotatable bonds is 4. The number of carbonyl (C=O) groups is 1. The highest BCUT2D eigenvalue weighted by Gasteiger charge is 2.16. The maximum absolute atomic E-state index is 12.6. The number of aromatic amines is 1. The third-order valence-electron chi connectivity index (χ3n) is 5.20. The highest BCUT2D eigenvalue weighted by atomic mass is 16.1. The summed E-state index contributed by atoms with van der Waals surface area (Å²) in [6.07, 6.45) is 6.02. The zero-order chi connectivity index (χ0) is 17.9. The summed E-state index contributed by atoms with van der Waals surface area (Å²) >= 11 is 0. The number of nitrogens with zero attached hydrogens (tertiary/aromatic N) is 2. The number of carbonyl (C=O) groups excluding carboxylic acids is 1. The van der Waals surface area contributed by atoms with E-state index in [9.17, 15) is 4.79 Å². The molecule has 1 fully saturated rings. The first-order chi connectivity index (χ1) is 12.7. The Morgan fingerprint density at radius 2 is 1.96 bits per heavy atom. The molecule has 0 saturated carbocycles. The molecule has 5 nitrogen and oxygen atoms in total. The summed E-state index contributed by atoms with van der Waals surface area (Å²) in [5.41, 5.74) is 3.45. The monoisotopic (exact) mass is 348 g/mol. The smallest absolute Gasteiger partial charge is 0.256 e. The molecule has 1 amide bonds. The van der Waals surface area contributed by atoms with Crippen molar-refractivity contribution in [2.45, 2.75) is 26.3 Å². The van der Waals surface area contributed by atoms with Crippen LogP contribution in [-0.2, 0) is 6.54 Å². The molecular formula is C21H24N4O. The van der Waals surface area contributed by atoms with Crippen LogP contribution in [0.2, 0.25) is 0 Å². The number of fused-ring (bicyclic) bond motifs is 1. The average Bonchev–Trinajstić information content (AvgIpc) is 3.14. The molecule has 2 aromatic heterocycles. The van der Waals surface area contributed by atoms with Gasteiger partial charge in [0.05, 0.1) is 5.56 Å². The van der Waals surface area contributed by atoms with Crippen molar-refractivity contribution in [3.63, 3.8) is 0 Å². The number of anilines is 1. The summed E-state index contributed by atoms with van der Waals surface area (Å²) in [5.74, 6) is 0.735. The summed E-state index contributed by atoms with van der Waals surface area (Å²) in [7, 11) is 0. The molecule has 1 aliphatic heterocycles. The number of piperidine rings is 1. The van der Waals surface area contributed by atoms with Crippen LogP contribution < -0.4 is 5.32 Å². The van der Waals surface area contributed by atoms with Gasteiger partial charge in [0, 0.05) is 30.0 Å². The van der Waals surface area contributed by atoms with E-state index in [1.807, 2.05) is 18.2 Å². The molecule has 4 rings (SSSR count). The number of aromatic nitrogens is 2. The van der Waals surface area contributed by atoms with Gasteiger partial charge in [0.25, 0.3) is 5.91 Å². The van der Waals surface area contributed by atoms with E-state index in [1.165, 1.54) is 31.5 Å². The number of H-pyrrole nitrogens is 1. The van der Waals surface area contributed by atoms with Crippen molar-refractivity contribution in [2.75, 3.05) is 18.4 Å². The molecule has 134 valence electrons. The number of benzene rings is 1. The Morgan fingerprint density at radius 1 is 1.19 bits per heavy atom. The van der Waals surface area contributed by atoms with Gasteiger partial charge in [0.2, 0.25) is 0 Å². The standard InChI is InChI=1S/C21H24N4O/c1-15-8-12-25(13-9-15)14-16-2-4-17(5-3-16)24-21(26)19-7-11-23-20-18(19)6-10-22-20/h2-7,10-11,15H,8-9,12-14H2,1H3,(H,22,23)(H,24,26). The molecular weight excluding hydrogens is 324 g/mol. The number of hydrogen-bond acceptors (Lipinski definition) is 3. The molecule has 26 heavy (non-hydrogen) atoms. The van der Waals surface area contributed by atoms with Crippen LogP contribution in [0.4, 0.5) is 5.69 Å². The number of pyridine rings is 1. The minimum atomic E-state index is -0.116. The van der Waals surface area contributed by atoms with Gasteiger partial charge in [-0.1, -0.05) is 19.1 Å². The Labute approximate surface area is 153 Å². The minimum absolute atomic E-state index is 0.116. The van der Waals surface area contributed by atoms with Gasteiger partial charge in [-0.15, -0.1) is 0 Å². The molecule has 3 aromatic rings. The van der Waals surface area contributed by atoms with E-state index in [0.717, 1.165) is 29.2 Å². The number of nitrogens with one attached hydrogen (secondary N) is 2. The molecule has 0 radical (unpaired) electrons. The Balaban J connectivity index is 1.41. The van der Waals surface area contributed by atoms with Gasteiger partial charge in [0.1, 0.15) is 5.65 Å². The number of amides is 1. The van der Waals surface area contributed by atoms with Gasteiger partial charge in [-0.25, -0.2) is 4.98 Å². The van der Waals surface area contributed by atoms with Crippen molar-refractivity contribution in [3.05, 3.63) is 59.9 Å². The van der Waals surface area contributed by atoms with Crippen LogP contribution in [0.25, 0.3) is 11.0 Å². The molecule has 0 spiro atoms. The molecule has 1 saturated heterocycles. The average molecular weight is 348 g/mol. The van der Waals surface area contributed by atoms with Crippen LogP contribution in [0.3, 0.4) is 0 Å². The first kappa shape index (κ1) is 16.8. The van der Waals surface area contributed by atoms with Gasteiger partial charge in [-0.2, -0.15) is 0 Å². The third kappa shape index (κ3) is 3.63. The number of hydrogen-bond donors (Lipinski definition) is 2. The fourth-order valence-corrected chi connectivity index (χ4v) is 3.53. The first-order valence-electron chi connectivity index (χ1n) is 9.24. The Hall–Kier alpha value is -2.66. The van der Waals surface area contributed by atoms with Gasteiger partial charge < -0.3 is 10.3 Å². The summed E-state index contributed by atoms with van der Waals surface area (Å²) < 4.78 is 0. The zero-order valence-corrected chi connectivity index (χ0v) is 15.0. The molecule has 3 heterocycles. The van der Waals surface area contributed by atoms with Crippen LogP contribution in [0.5, 0.6) is 0 Å². The van der Waals surface area contributed by atoms with E-state index in [4.69, 9.17) is 0 Å². The van der Waals surface area contributed by atoms with Gasteiger partial charge >= 0.3 is 0 Å². The normalized spacial score (nSPS) is 16.0. The van der Waals surface area contributed by atoms with E-state index in [1.54, 1.807) is 18.5 Å². The quantitative estimate of drug-likeness (QED) is 0.748. The van der Waals surface area contributed by atoms with E-state index in [-0.39, 0.29) is 5.91 Å². The highest BCUT2D eigenvalue weighted by Crippen LogP contribution is 2.20. The molecule has 0 bridgehead atoms. The van der Waals surface area contributed by atoms with Crippen molar-refractivity contribution in [1.29, 1.82) is 0 Å². The van der Waals surface area contributed by atoms with Gasteiger partial charge in [-0.05, 0) is 61.7 Å². The molecule has 0 unspecified atom stereocenters. The molecule has 1 aliphatic rings. The Morgan fingerprint density at radius 3 is 2.73 bits per heavy atom. The Kier molecular flexibility index (Phi) is 4.71. The van der Waals surface area contributed by atoms with E-state index < -0.39 is 0 Å². The van der Waals surface area contributed by atoms with E-state index in [0.29, 0.717) is 5.56 Å². The molecule has 0 atom stereocenters. The maximum Gasteiger partial charge on any atom is 0.256 e. The van der Waals surface area contributed by atoms with Crippen molar-refractivity contribution < 1.29 is 4.79 Å².